The topological polar surface area (TPSA) is 73.7 Å². The van der Waals surface area contributed by atoms with Crippen molar-refractivity contribution in [1.29, 1.82) is 0 Å². The number of aromatic nitrogens is 2. The van der Waals surface area contributed by atoms with E-state index >= 15 is 0 Å². The third kappa shape index (κ3) is 3.35. The first-order valence-electron chi connectivity index (χ1n) is 9.32. The summed E-state index contributed by atoms with van der Waals surface area (Å²) in [5.41, 5.74) is 0.987. The second-order valence-corrected chi connectivity index (χ2v) is 7.65. The second kappa shape index (κ2) is 7.47. The van der Waals surface area contributed by atoms with Gasteiger partial charge in [0.2, 0.25) is 0 Å². The Balaban J connectivity index is 1.41. The summed E-state index contributed by atoms with van der Waals surface area (Å²) in [5, 5.41) is 4.40. The maximum absolute atomic E-state index is 12.7. The van der Waals surface area contributed by atoms with Crippen LogP contribution < -0.4 is 9.47 Å². The van der Waals surface area contributed by atoms with Gasteiger partial charge >= 0.3 is 0 Å². The van der Waals surface area contributed by atoms with Gasteiger partial charge in [0.1, 0.15) is 23.3 Å². The number of piperidine rings is 1. The van der Waals surface area contributed by atoms with Crippen molar-refractivity contribution in [3.05, 3.63) is 40.7 Å². The molecule has 0 radical (unpaired) electrons. The van der Waals surface area contributed by atoms with Crippen LogP contribution in [0, 0.1) is 5.92 Å². The molecule has 0 saturated carbocycles. The number of likely N-dealkylation sites (tertiary alicyclic amines) is 1. The summed E-state index contributed by atoms with van der Waals surface area (Å²) in [5.74, 6) is 1.45. The number of ketones is 1. The maximum Gasteiger partial charge on any atom is 0.273 e. The van der Waals surface area contributed by atoms with Gasteiger partial charge in [-0.1, -0.05) is 11.6 Å². The van der Waals surface area contributed by atoms with E-state index in [1.807, 2.05) is 0 Å². The summed E-state index contributed by atoms with van der Waals surface area (Å²) in [6.07, 6.45) is 3.24. The van der Waals surface area contributed by atoms with E-state index in [4.69, 9.17) is 21.1 Å². The number of carbonyl (C=O) groups is 2. The van der Waals surface area contributed by atoms with Gasteiger partial charge in [-0.15, -0.1) is 0 Å². The molecule has 148 valence electrons. The van der Waals surface area contributed by atoms with Crippen molar-refractivity contribution >= 4 is 23.3 Å². The summed E-state index contributed by atoms with van der Waals surface area (Å²) < 4.78 is 12.8. The molecule has 1 amide bonds. The zero-order valence-electron chi connectivity index (χ0n) is 15.9. The Morgan fingerprint density at radius 2 is 2.07 bits per heavy atom. The summed E-state index contributed by atoms with van der Waals surface area (Å²) >= 11 is 6.10. The molecule has 0 spiro atoms. The van der Waals surface area contributed by atoms with Crippen LogP contribution in [0.2, 0.25) is 5.02 Å². The van der Waals surface area contributed by atoms with E-state index < -0.39 is 0 Å². The van der Waals surface area contributed by atoms with Crippen molar-refractivity contribution in [2.24, 2.45) is 13.0 Å². The lowest BCUT2D eigenvalue weighted by Gasteiger charge is -2.37. The number of nitrogens with zero attached hydrogens (tertiary/aromatic N) is 3. The van der Waals surface area contributed by atoms with Crippen LogP contribution in [0.25, 0.3) is 0 Å². The first-order valence-corrected chi connectivity index (χ1v) is 9.70. The van der Waals surface area contributed by atoms with Crippen LogP contribution in [0.1, 0.15) is 40.1 Å². The number of ether oxygens (including phenoxy) is 2. The maximum atomic E-state index is 12.7. The molecular formula is C20H22ClN3O4. The molecule has 0 unspecified atom stereocenters. The number of rotatable bonds is 3. The molecule has 3 heterocycles. The second-order valence-electron chi connectivity index (χ2n) is 7.24. The van der Waals surface area contributed by atoms with Crippen LogP contribution >= 0.6 is 11.6 Å². The minimum absolute atomic E-state index is 0.0744. The Labute approximate surface area is 168 Å². The molecule has 4 rings (SSSR count). The quantitative estimate of drug-likeness (QED) is 0.787. The Hall–Kier alpha value is -2.54. The van der Waals surface area contributed by atoms with Crippen molar-refractivity contribution in [3.8, 4) is 11.5 Å². The van der Waals surface area contributed by atoms with Crippen LogP contribution in [0.3, 0.4) is 0 Å². The third-order valence-electron chi connectivity index (χ3n) is 5.60. The Morgan fingerprint density at radius 3 is 2.71 bits per heavy atom. The molecule has 1 fully saturated rings. The molecule has 2 aromatic rings. The lowest BCUT2D eigenvalue weighted by molar-refractivity contribution is 0.0446. The number of hydrogen-bond donors (Lipinski definition) is 0. The molecule has 1 saturated heterocycles. The molecule has 0 N–H and O–H groups in total. The molecule has 2 aliphatic rings. The average Bonchev–Trinajstić information content (AvgIpc) is 3.05. The molecule has 7 nitrogen and oxygen atoms in total. The van der Waals surface area contributed by atoms with E-state index in [0.29, 0.717) is 47.3 Å². The minimum atomic E-state index is -0.161. The fourth-order valence-corrected chi connectivity index (χ4v) is 4.24. The Bertz CT molecular complexity index is 899. The molecule has 0 aliphatic carbocycles. The highest BCUT2D eigenvalue weighted by Crippen LogP contribution is 2.36. The normalized spacial score (nSPS) is 19.9. The van der Waals surface area contributed by atoms with E-state index in [9.17, 15) is 9.59 Å². The van der Waals surface area contributed by atoms with Crippen LogP contribution in [0.15, 0.2) is 24.4 Å². The minimum Gasteiger partial charge on any atom is -0.497 e. The number of carbonyl (C=O) groups excluding carboxylic acids is 2. The Kier molecular flexibility index (Phi) is 5.02. The fourth-order valence-electron chi connectivity index (χ4n) is 3.99. The van der Waals surface area contributed by atoms with Crippen molar-refractivity contribution in [2.45, 2.75) is 25.4 Å². The first-order chi connectivity index (χ1) is 13.5. The summed E-state index contributed by atoms with van der Waals surface area (Å²) in [6.45, 7) is 1.21. The van der Waals surface area contributed by atoms with E-state index in [1.165, 1.54) is 10.9 Å². The zero-order chi connectivity index (χ0) is 19.8. The van der Waals surface area contributed by atoms with Gasteiger partial charge in [0.25, 0.3) is 5.91 Å². The highest BCUT2D eigenvalue weighted by Gasteiger charge is 2.36. The molecular weight excluding hydrogens is 382 g/mol. The van der Waals surface area contributed by atoms with Gasteiger partial charge in [-0.2, -0.15) is 5.10 Å². The number of aryl methyl sites for hydroxylation is 1. The van der Waals surface area contributed by atoms with Gasteiger partial charge in [0, 0.05) is 26.6 Å². The molecule has 8 heteroatoms. The van der Waals surface area contributed by atoms with Crippen LogP contribution in [-0.4, -0.2) is 52.7 Å². The van der Waals surface area contributed by atoms with Gasteiger partial charge in [-0.3, -0.25) is 14.3 Å². The third-order valence-corrected chi connectivity index (χ3v) is 5.88. The van der Waals surface area contributed by atoms with Crippen molar-refractivity contribution in [2.75, 3.05) is 20.2 Å². The van der Waals surface area contributed by atoms with Crippen molar-refractivity contribution in [3.63, 3.8) is 0 Å². The molecule has 1 aromatic carbocycles. The van der Waals surface area contributed by atoms with Gasteiger partial charge in [-0.25, -0.2) is 0 Å². The number of benzene rings is 1. The lowest BCUT2D eigenvalue weighted by atomic mass is 9.86. The SMILES string of the molecule is COc1ccc2c(c1)C(=O)C[C@@H](C1CCN(C(=O)c3c(Cl)cnn3C)CC1)O2. The molecule has 1 aromatic heterocycles. The standard InChI is InChI=1S/C20H22ClN3O4/c1-23-19(15(21)11-22-23)20(26)24-7-5-12(6-8-24)18-10-16(25)14-9-13(27-2)3-4-17(14)28-18/h3-4,9,11-12,18H,5-8,10H2,1-2H3/t18-/m0/s1. The number of halogens is 1. The largest absolute Gasteiger partial charge is 0.497 e. The Morgan fingerprint density at radius 1 is 1.32 bits per heavy atom. The summed E-state index contributed by atoms with van der Waals surface area (Å²) in [7, 11) is 3.28. The van der Waals surface area contributed by atoms with Gasteiger partial charge in [0.05, 0.1) is 23.9 Å². The van der Waals surface area contributed by atoms with E-state index in [1.54, 1.807) is 37.3 Å². The monoisotopic (exact) mass is 403 g/mol. The van der Waals surface area contributed by atoms with Gasteiger partial charge in [-0.05, 0) is 37.0 Å². The molecule has 1 atom stereocenters. The van der Waals surface area contributed by atoms with Crippen LogP contribution in [0.5, 0.6) is 11.5 Å². The number of fused-ring (bicyclic) bond motifs is 1. The number of hydrogen-bond acceptors (Lipinski definition) is 5. The number of Topliss-reactive ketones (excluding diaryl/α,β-unsaturated/α-hetero) is 1. The van der Waals surface area contributed by atoms with Crippen LogP contribution in [-0.2, 0) is 7.05 Å². The predicted octanol–water partition coefficient (Wildman–Crippen LogP) is 2.97. The van der Waals surface area contributed by atoms with Gasteiger partial charge < -0.3 is 14.4 Å². The van der Waals surface area contributed by atoms with Crippen molar-refractivity contribution in [1.82, 2.24) is 14.7 Å². The molecule has 28 heavy (non-hydrogen) atoms. The lowest BCUT2D eigenvalue weighted by Crippen LogP contribution is -2.44. The molecule has 0 bridgehead atoms. The fraction of sp³-hybridized carbons (Fsp3) is 0.450. The predicted molar refractivity (Wildman–Crippen MR) is 103 cm³/mol. The van der Waals surface area contributed by atoms with E-state index in [-0.39, 0.29) is 23.7 Å². The van der Waals surface area contributed by atoms with Crippen LogP contribution in [0.4, 0.5) is 0 Å². The first kappa shape index (κ1) is 18.8. The number of methoxy groups -OCH3 is 1. The average molecular weight is 404 g/mol. The van der Waals surface area contributed by atoms with E-state index in [0.717, 1.165) is 12.8 Å². The summed E-state index contributed by atoms with van der Waals surface area (Å²) in [4.78, 5) is 27.1. The molecule has 2 aliphatic heterocycles. The van der Waals surface area contributed by atoms with Gasteiger partial charge in [0.15, 0.2) is 5.78 Å². The summed E-state index contributed by atoms with van der Waals surface area (Å²) in [6, 6.07) is 5.32. The smallest absolute Gasteiger partial charge is 0.273 e. The highest BCUT2D eigenvalue weighted by molar-refractivity contribution is 6.33. The highest BCUT2D eigenvalue weighted by atomic mass is 35.5. The van der Waals surface area contributed by atoms with E-state index in [2.05, 4.69) is 5.10 Å². The number of amides is 1. The van der Waals surface area contributed by atoms with Crippen molar-refractivity contribution < 1.29 is 19.1 Å². The zero-order valence-corrected chi connectivity index (χ0v) is 16.6.